The average Bonchev–Trinajstić information content (AvgIpc) is 2.68. The number of carbonyl (C=O) groups is 2. The van der Waals surface area contributed by atoms with E-state index in [0.29, 0.717) is 29.8 Å². The lowest BCUT2D eigenvalue weighted by molar-refractivity contribution is 0.0495. The van der Waals surface area contributed by atoms with Gasteiger partial charge in [0.15, 0.2) is 5.78 Å². The molecule has 0 spiro atoms. The van der Waals surface area contributed by atoms with Crippen molar-refractivity contribution in [2.24, 2.45) is 0 Å². The quantitative estimate of drug-likeness (QED) is 0.367. The molecule has 0 radical (unpaired) electrons. The van der Waals surface area contributed by atoms with Crippen molar-refractivity contribution in [2.45, 2.75) is 39.5 Å². The van der Waals surface area contributed by atoms with Crippen LogP contribution in [0.25, 0.3) is 0 Å². The minimum Gasteiger partial charge on any atom is -0.462 e. The van der Waals surface area contributed by atoms with Gasteiger partial charge in [-0.2, -0.15) is 0 Å². The van der Waals surface area contributed by atoms with Gasteiger partial charge in [-0.05, 0) is 31.5 Å². The zero-order valence-corrected chi connectivity index (χ0v) is 15.6. The molecule has 0 aromatic heterocycles. The zero-order chi connectivity index (χ0) is 18.8. The van der Waals surface area contributed by atoms with Crippen molar-refractivity contribution in [3.05, 3.63) is 65.2 Å². The van der Waals surface area contributed by atoms with E-state index in [-0.39, 0.29) is 5.78 Å². The largest absolute Gasteiger partial charge is 0.462 e. The van der Waals surface area contributed by atoms with E-state index in [2.05, 4.69) is 12.2 Å². The molecule has 2 aromatic carbocycles. The minimum absolute atomic E-state index is 0.180. The van der Waals surface area contributed by atoms with E-state index in [9.17, 15) is 9.59 Å². The lowest BCUT2D eigenvalue weighted by Gasteiger charge is -2.12. The van der Waals surface area contributed by atoms with Crippen LogP contribution in [0.2, 0.25) is 0 Å². The van der Waals surface area contributed by atoms with Crippen molar-refractivity contribution in [2.75, 3.05) is 18.5 Å². The highest BCUT2D eigenvalue weighted by atomic mass is 16.5. The van der Waals surface area contributed by atoms with Crippen molar-refractivity contribution in [1.29, 1.82) is 0 Å². The normalized spacial score (nSPS) is 10.4. The number of benzene rings is 2. The number of anilines is 1. The number of ether oxygens (including phenoxy) is 1. The second kappa shape index (κ2) is 10.4. The fourth-order valence-electron chi connectivity index (χ4n) is 2.80. The van der Waals surface area contributed by atoms with Gasteiger partial charge in [0.1, 0.15) is 0 Å². The van der Waals surface area contributed by atoms with Crippen LogP contribution in [0.3, 0.4) is 0 Å². The van der Waals surface area contributed by atoms with Gasteiger partial charge in [0.2, 0.25) is 0 Å². The number of para-hydroxylation sites is 1. The summed E-state index contributed by atoms with van der Waals surface area (Å²) >= 11 is 0. The molecule has 0 atom stereocenters. The summed E-state index contributed by atoms with van der Waals surface area (Å²) in [6, 6.07) is 14.2. The van der Waals surface area contributed by atoms with Gasteiger partial charge in [0.05, 0.1) is 12.2 Å². The Labute approximate surface area is 155 Å². The third-order valence-electron chi connectivity index (χ3n) is 4.16. The summed E-state index contributed by atoms with van der Waals surface area (Å²) in [5.74, 6) is -0.619. The van der Waals surface area contributed by atoms with Crippen LogP contribution < -0.4 is 5.32 Å². The van der Waals surface area contributed by atoms with E-state index in [1.807, 2.05) is 25.1 Å². The van der Waals surface area contributed by atoms with Gasteiger partial charge in [-0.15, -0.1) is 0 Å². The highest BCUT2D eigenvalue weighted by molar-refractivity contribution is 6.16. The summed E-state index contributed by atoms with van der Waals surface area (Å²) in [6.45, 7) is 5.21. The molecule has 4 heteroatoms. The molecule has 0 unspecified atom stereocenters. The SMILES string of the molecule is CCCCCCOC(=O)c1ccccc1C(=O)c1ccccc1NCC. The van der Waals surface area contributed by atoms with E-state index in [0.717, 1.165) is 31.4 Å². The van der Waals surface area contributed by atoms with Crippen LogP contribution in [-0.4, -0.2) is 24.9 Å². The Morgan fingerprint density at radius 2 is 1.50 bits per heavy atom. The van der Waals surface area contributed by atoms with Gasteiger partial charge < -0.3 is 10.1 Å². The topological polar surface area (TPSA) is 55.4 Å². The molecule has 0 fully saturated rings. The van der Waals surface area contributed by atoms with E-state index in [1.165, 1.54) is 0 Å². The molecule has 2 rings (SSSR count). The Morgan fingerprint density at radius 3 is 2.19 bits per heavy atom. The molecule has 138 valence electrons. The predicted molar refractivity (Wildman–Crippen MR) is 105 cm³/mol. The number of hydrogen-bond donors (Lipinski definition) is 1. The summed E-state index contributed by atoms with van der Waals surface area (Å²) in [6.07, 6.45) is 4.16. The first kappa shape index (κ1) is 19.7. The van der Waals surface area contributed by atoms with Crippen molar-refractivity contribution in [3.63, 3.8) is 0 Å². The number of nitrogens with one attached hydrogen (secondary N) is 1. The van der Waals surface area contributed by atoms with Gasteiger partial charge in [0.25, 0.3) is 0 Å². The fourth-order valence-corrected chi connectivity index (χ4v) is 2.80. The number of rotatable bonds is 10. The number of carbonyl (C=O) groups excluding carboxylic acids is 2. The third-order valence-corrected chi connectivity index (χ3v) is 4.16. The first-order chi connectivity index (χ1) is 12.7. The van der Waals surface area contributed by atoms with Crippen LogP contribution >= 0.6 is 0 Å². The lowest BCUT2D eigenvalue weighted by atomic mass is 9.97. The summed E-state index contributed by atoms with van der Waals surface area (Å²) in [4.78, 5) is 25.5. The monoisotopic (exact) mass is 353 g/mol. The summed E-state index contributed by atoms with van der Waals surface area (Å²) in [5.41, 5.74) is 2.01. The highest BCUT2D eigenvalue weighted by Gasteiger charge is 2.20. The van der Waals surface area contributed by atoms with Crippen LogP contribution in [0.1, 0.15) is 65.8 Å². The molecule has 0 aliphatic carbocycles. The van der Waals surface area contributed by atoms with E-state index in [1.54, 1.807) is 30.3 Å². The predicted octanol–water partition coefficient (Wildman–Crippen LogP) is 5.09. The number of esters is 1. The smallest absolute Gasteiger partial charge is 0.338 e. The second-order valence-corrected chi connectivity index (χ2v) is 6.15. The molecule has 1 N–H and O–H groups in total. The molecule has 0 saturated heterocycles. The number of hydrogen-bond acceptors (Lipinski definition) is 4. The zero-order valence-electron chi connectivity index (χ0n) is 15.6. The minimum atomic E-state index is -0.439. The van der Waals surface area contributed by atoms with Crippen LogP contribution in [0.15, 0.2) is 48.5 Å². The summed E-state index contributed by atoms with van der Waals surface area (Å²) in [5, 5.41) is 3.19. The van der Waals surface area contributed by atoms with Gasteiger partial charge in [-0.25, -0.2) is 4.79 Å². The molecule has 0 bridgehead atoms. The van der Waals surface area contributed by atoms with Crippen LogP contribution in [-0.2, 0) is 4.74 Å². The Balaban J connectivity index is 2.18. The fraction of sp³-hybridized carbons (Fsp3) is 0.364. The van der Waals surface area contributed by atoms with Crippen LogP contribution in [0, 0.1) is 0 Å². The second-order valence-electron chi connectivity index (χ2n) is 6.15. The van der Waals surface area contributed by atoms with Crippen molar-refractivity contribution in [3.8, 4) is 0 Å². The molecule has 4 nitrogen and oxygen atoms in total. The van der Waals surface area contributed by atoms with E-state index >= 15 is 0 Å². The van der Waals surface area contributed by atoms with Gasteiger partial charge >= 0.3 is 5.97 Å². The van der Waals surface area contributed by atoms with E-state index < -0.39 is 5.97 Å². The molecule has 0 aliphatic heterocycles. The van der Waals surface area contributed by atoms with Gasteiger partial charge in [-0.1, -0.05) is 56.5 Å². The third kappa shape index (κ3) is 5.19. The molecule has 0 heterocycles. The molecular formula is C22H27NO3. The van der Waals surface area contributed by atoms with Crippen molar-refractivity contribution in [1.82, 2.24) is 0 Å². The molecule has 0 amide bonds. The Morgan fingerprint density at radius 1 is 0.846 bits per heavy atom. The van der Waals surface area contributed by atoms with Crippen molar-refractivity contribution >= 4 is 17.4 Å². The lowest BCUT2D eigenvalue weighted by Crippen LogP contribution is -2.14. The number of ketones is 1. The number of unbranched alkanes of at least 4 members (excludes halogenated alkanes) is 3. The molecule has 0 saturated carbocycles. The Kier molecular flexibility index (Phi) is 7.87. The average molecular weight is 353 g/mol. The van der Waals surface area contributed by atoms with E-state index in [4.69, 9.17) is 4.74 Å². The summed E-state index contributed by atoms with van der Waals surface area (Å²) in [7, 11) is 0. The standard InChI is InChI=1S/C22H27NO3/c1-3-5-6-11-16-26-22(25)18-13-8-7-12-17(18)21(24)19-14-9-10-15-20(19)23-4-2/h7-10,12-15,23H,3-6,11,16H2,1-2H3. The maximum atomic E-state index is 13.0. The first-order valence-corrected chi connectivity index (χ1v) is 9.32. The van der Waals surface area contributed by atoms with Gasteiger partial charge in [-0.3, -0.25) is 4.79 Å². The molecule has 0 aliphatic rings. The molecule has 26 heavy (non-hydrogen) atoms. The molecular weight excluding hydrogens is 326 g/mol. The van der Waals surface area contributed by atoms with Gasteiger partial charge in [0, 0.05) is 23.4 Å². The maximum absolute atomic E-state index is 13.0. The maximum Gasteiger partial charge on any atom is 0.338 e. The highest BCUT2D eigenvalue weighted by Crippen LogP contribution is 2.22. The first-order valence-electron chi connectivity index (χ1n) is 9.32. The Bertz CT molecular complexity index is 740. The van der Waals surface area contributed by atoms with Crippen LogP contribution in [0.4, 0.5) is 5.69 Å². The molecule has 2 aromatic rings. The Hall–Kier alpha value is -2.62. The van der Waals surface area contributed by atoms with Crippen LogP contribution in [0.5, 0.6) is 0 Å². The van der Waals surface area contributed by atoms with Crippen molar-refractivity contribution < 1.29 is 14.3 Å². The summed E-state index contributed by atoms with van der Waals surface area (Å²) < 4.78 is 5.37.